The summed E-state index contributed by atoms with van der Waals surface area (Å²) in [4.78, 5) is 12.7. The lowest BCUT2D eigenvalue weighted by Gasteiger charge is -2.22. The maximum absolute atomic E-state index is 14.1. The van der Waals surface area contributed by atoms with E-state index in [-0.39, 0.29) is 11.5 Å². The first-order valence-electron chi connectivity index (χ1n) is 7.77. The summed E-state index contributed by atoms with van der Waals surface area (Å²) >= 11 is 3.50. The van der Waals surface area contributed by atoms with Crippen molar-refractivity contribution in [1.29, 1.82) is 0 Å². The molecule has 128 valence electrons. The summed E-state index contributed by atoms with van der Waals surface area (Å²) in [5, 5.41) is 1.18. The molecule has 0 unspecified atom stereocenters. The van der Waals surface area contributed by atoms with Crippen LogP contribution in [0.25, 0.3) is 11.1 Å². The van der Waals surface area contributed by atoms with Crippen LogP contribution >= 0.6 is 15.9 Å². The highest BCUT2D eigenvalue weighted by molar-refractivity contribution is 9.11. The van der Waals surface area contributed by atoms with Crippen molar-refractivity contribution in [2.75, 3.05) is 0 Å². The van der Waals surface area contributed by atoms with Gasteiger partial charge in [0.25, 0.3) is 5.91 Å². The molecule has 2 heterocycles. The van der Waals surface area contributed by atoms with Gasteiger partial charge in [-0.1, -0.05) is 15.9 Å². The van der Waals surface area contributed by atoms with Crippen molar-refractivity contribution in [2.24, 2.45) is 5.84 Å². The third-order valence-corrected chi connectivity index (χ3v) is 5.14. The minimum absolute atomic E-state index is 0.243. The van der Waals surface area contributed by atoms with E-state index < -0.39 is 11.6 Å². The molecule has 1 aliphatic heterocycles. The third-order valence-electron chi connectivity index (χ3n) is 4.51. The van der Waals surface area contributed by atoms with E-state index >= 15 is 0 Å². The van der Waals surface area contributed by atoms with Gasteiger partial charge in [0.15, 0.2) is 0 Å². The van der Waals surface area contributed by atoms with Crippen LogP contribution in [-0.4, -0.2) is 15.5 Å². The van der Waals surface area contributed by atoms with Crippen molar-refractivity contribution in [1.82, 2.24) is 9.58 Å². The molecule has 0 bridgehead atoms. The van der Waals surface area contributed by atoms with Crippen molar-refractivity contribution < 1.29 is 13.6 Å². The van der Waals surface area contributed by atoms with Gasteiger partial charge in [-0.15, -0.1) is 0 Å². The summed E-state index contributed by atoms with van der Waals surface area (Å²) in [5.74, 6) is 4.38. The van der Waals surface area contributed by atoms with Gasteiger partial charge in [0.1, 0.15) is 17.3 Å². The monoisotopic (exact) mass is 405 g/mol. The number of benzene rings is 1. The largest absolute Gasteiger partial charge is 0.338 e. The number of halogens is 3. The van der Waals surface area contributed by atoms with E-state index in [1.165, 1.54) is 17.1 Å². The summed E-state index contributed by atoms with van der Waals surface area (Å²) in [6.45, 7) is 0.460. The van der Waals surface area contributed by atoms with Crippen molar-refractivity contribution in [3.63, 3.8) is 0 Å². The van der Waals surface area contributed by atoms with Gasteiger partial charge in [0.2, 0.25) is 0 Å². The Labute approximate surface area is 151 Å². The van der Waals surface area contributed by atoms with Crippen LogP contribution in [0.4, 0.5) is 8.78 Å². The molecule has 4 rings (SSSR count). The van der Waals surface area contributed by atoms with Gasteiger partial charge < -0.3 is 4.57 Å². The molecule has 25 heavy (non-hydrogen) atoms. The topological polar surface area (TPSA) is 51.3 Å². The molecule has 1 aromatic carbocycles. The van der Waals surface area contributed by atoms with Crippen molar-refractivity contribution in [3.05, 3.63) is 69.6 Å². The van der Waals surface area contributed by atoms with Gasteiger partial charge in [-0.05, 0) is 47.2 Å². The maximum atomic E-state index is 14.1. The Morgan fingerprint density at radius 2 is 1.96 bits per heavy atom. The minimum Gasteiger partial charge on any atom is -0.338 e. The summed E-state index contributed by atoms with van der Waals surface area (Å²) in [5.41, 5.74) is 2.87. The van der Waals surface area contributed by atoms with Crippen LogP contribution in [0.1, 0.15) is 23.3 Å². The molecule has 2 aliphatic rings. The van der Waals surface area contributed by atoms with Gasteiger partial charge in [0.05, 0.1) is 0 Å². The number of hydrogen-bond acceptors (Lipinski definition) is 2. The van der Waals surface area contributed by atoms with Crippen molar-refractivity contribution in [2.45, 2.75) is 19.4 Å². The normalized spacial score (nSPS) is 17.2. The van der Waals surface area contributed by atoms with Crippen LogP contribution in [0.15, 0.2) is 52.3 Å². The van der Waals surface area contributed by atoms with E-state index in [0.717, 1.165) is 28.2 Å². The molecular formula is C18H14BrF2N3O. The predicted molar refractivity (Wildman–Crippen MR) is 93.4 cm³/mol. The van der Waals surface area contributed by atoms with E-state index in [9.17, 15) is 13.6 Å². The Bertz CT molecular complexity index is 961. The fourth-order valence-electron chi connectivity index (χ4n) is 3.28. The number of amides is 1. The number of fused-ring (bicyclic) bond motifs is 1. The zero-order valence-electron chi connectivity index (χ0n) is 13.1. The molecule has 0 spiro atoms. The summed E-state index contributed by atoms with van der Waals surface area (Å²) in [7, 11) is 0. The van der Waals surface area contributed by atoms with Crippen LogP contribution in [-0.2, 0) is 6.54 Å². The number of carbonyl (C=O) groups is 1. The first-order chi connectivity index (χ1) is 11.9. The number of carbonyl (C=O) groups excluding carboxylic acids is 1. The average Bonchev–Trinajstić information content (AvgIpc) is 2.93. The summed E-state index contributed by atoms with van der Waals surface area (Å²) < 4.78 is 30.0. The van der Waals surface area contributed by atoms with Gasteiger partial charge in [-0.2, -0.15) is 0 Å². The first kappa shape index (κ1) is 16.2. The Kier molecular flexibility index (Phi) is 3.85. The molecule has 4 nitrogen and oxygen atoms in total. The average molecular weight is 406 g/mol. The van der Waals surface area contributed by atoms with Gasteiger partial charge in [-0.25, -0.2) is 19.6 Å². The second-order valence-corrected chi connectivity index (χ2v) is 7.12. The Balaban J connectivity index is 1.82. The number of hydrogen-bond donors (Lipinski definition) is 1. The summed E-state index contributed by atoms with van der Waals surface area (Å²) in [6, 6.07) is 4.99. The number of hydrazine groups is 1. The fourth-order valence-corrected chi connectivity index (χ4v) is 3.75. The molecule has 2 N–H and O–H groups in total. The molecule has 0 atom stereocenters. The molecule has 0 saturated carbocycles. The number of nitrogens with two attached hydrogens (primary N) is 1. The van der Waals surface area contributed by atoms with E-state index in [1.54, 1.807) is 16.8 Å². The highest BCUT2D eigenvalue weighted by Crippen LogP contribution is 2.34. The quantitative estimate of drug-likeness (QED) is 0.573. The highest BCUT2D eigenvalue weighted by Gasteiger charge is 2.29. The number of allylic oxidation sites excluding steroid dienone is 4. The second-order valence-electron chi connectivity index (χ2n) is 6.10. The van der Waals surface area contributed by atoms with Crippen LogP contribution < -0.4 is 5.84 Å². The van der Waals surface area contributed by atoms with Crippen molar-refractivity contribution in [3.8, 4) is 11.1 Å². The lowest BCUT2D eigenvalue weighted by molar-refractivity contribution is 0.0794. The van der Waals surface area contributed by atoms with Crippen LogP contribution in [0, 0.1) is 11.6 Å². The first-order valence-corrected chi connectivity index (χ1v) is 8.56. The Morgan fingerprint density at radius 3 is 2.72 bits per heavy atom. The fraction of sp³-hybridized carbons (Fsp3) is 0.167. The molecule has 0 saturated heterocycles. The lowest BCUT2D eigenvalue weighted by atomic mass is 10.0. The molecule has 1 aromatic heterocycles. The van der Waals surface area contributed by atoms with E-state index in [2.05, 4.69) is 15.9 Å². The zero-order valence-corrected chi connectivity index (χ0v) is 14.7. The SMILES string of the molecule is NN1C(=O)c2cc(-c3ccc(F)cc3F)cn2CC2=C1CCC(Br)=C2. The Morgan fingerprint density at radius 1 is 1.16 bits per heavy atom. The minimum atomic E-state index is -0.668. The molecule has 0 radical (unpaired) electrons. The van der Waals surface area contributed by atoms with Crippen LogP contribution in [0.2, 0.25) is 0 Å². The number of nitrogens with zero attached hydrogens (tertiary/aromatic N) is 2. The molecule has 1 amide bonds. The lowest BCUT2D eigenvalue weighted by Crippen LogP contribution is -2.37. The van der Waals surface area contributed by atoms with Gasteiger partial charge in [0, 0.05) is 35.6 Å². The van der Waals surface area contributed by atoms with Crippen molar-refractivity contribution >= 4 is 21.8 Å². The molecule has 7 heteroatoms. The molecule has 2 aromatic rings. The Hall–Kier alpha value is -2.25. The highest BCUT2D eigenvalue weighted by atomic mass is 79.9. The van der Waals surface area contributed by atoms with E-state index in [0.29, 0.717) is 24.2 Å². The number of aromatic nitrogens is 1. The van der Waals surface area contributed by atoms with Crippen LogP contribution in [0.5, 0.6) is 0 Å². The summed E-state index contributed by atoms with van der Waals surface area (Å²) in [6.07, 6.45) is 5.14. The third kappa shape index (κ3) is 2.73. The standard InChI is InChI=1S/C18H14BrF2N3O/c19-12-1-4-16-11(5-12)9-23-8-10(6-17(23)18(25)24(16)22)14-3-2-13(20)7-15(14)21/h2-3,5-8H,1,4,9,22H2. The van der Waals surface area contributed by atoms with Gasteiger partial charge in [-0.3, -0.25) is 4.79 Å². The van der Waals surface area contributed by atoms with E-state index in [4.69, 9.17) is 5.84 Å². The second kappa shape index (κ2) is 5.93. The van der Waals surface area contributed by atoms with E-state index in [1.807, 2.05) is 6.08 Å². The molecule has 0 fully saturated rings. The molecular weight excluding hydrogens is 392 g/mol. The zero-order chi connectivity index (χ0) is 17.7. The van der Waals surface area contributed by atoms with Crippen LogP contribution in [0.3, 0.4) is 0 Å². The van der Waals surface area contributed by atoms with Gasteiger partial charge >= 0.3 is 0 Å². The molecule has 1 aliphatic carbocycles. The number of rotatable bonds is 1. The smallest absolute Gasteiger partial charge is 0.288 e. The predicted octanol–water partition coefficient (Wildman–Crippen LogP) is 4.09. The maximum Gasteiger partial charge on any atom is 0.288 e.